The van der Waals surface area contributed by atoms with Gasteiger partial charge in [0.05, 0.1) is 18.7 Å². The Morgan fingerprint density at radius 1 is 0.833 bits per heavy atom. The van der Waals surface area contributed by atoms with Crippen LogP contribution in [0.25, 0.3) is 0 Å². The molecule has 232 valence electrons. The summed E-state index contributed by atoms with van der Waals surface area (Å²) in [5.74, 6) is -0.338. The van der Waals surface area contributed by atoms with Gasteiger partial charge in [-0.2, -0.15) is 0 Å². The highest BCUT2D eigenvalue weighted by molar-refractivity contribution is 5.86. The summed E-state index contributed by atoms with van der Waals surface area (Å²) in [6.07, 6.45) is -2.06. The van der Waals surface area contributed by atoms with E-state index in [0.717, 1.165) is 11.1 Å². The van der Waals surface area contributed by atoms with E-state index in [0.29, 0.717) is 13.0 Å². The molecule has 3 amide bonds. The predicted octanol–water partition coefficient (Wildman–Crippen LogP) is 5.31. The molecule has 0 aromatic heterocycles. The number of hydrogen-bond donors (Lipinski definition) is 3. The summed E-state index contributed by atoms with van der Waals surface area (Å²) in [6.45, 7) is 15.2. The minimum atomic E-state index is -1.12. The summed E-state index contributed by atoms with van der Waals surface area (Å²) < 4.78 is 11.0. The molecule has 9 nitrogen and oxygen atoms in total. The zero-order chi connectivity index (χ0) is 31.5. The fraction of sp³-hybridized carbons (Fsp3) is 0.545. The van der Waals surface area contributed by atoms with Crippen LogP contribution in [0.1, 0.15) is 66.5 Å². The molecule has 0 fully saturated rings. The van der Waals surface area contributed by atoms with Gasteiger partial charge in [0, 0.05) is 6.54 Å². The zero-order valence-corrected chi connectivity index (χ0v) is 26.3. The zero-order valence-electron chi connectivity index (χ0n) is 26.3. The number of nitrogens with one attached hydrogen (secondary N) is 2. The molecule has 0 aliphatic heterocycles. The van der Waals surface area contributed by atoms with Gasteiger partial charge in [0.25, 0.3) is 0 Å². The third-order valence-electron chi connectivity index (χ3n) is 6.34. The first-order valence-electron chi connectivity index (χ1n) is 14.5. The number of aliphatic hydroxyl groups is 1. The van der Waals surface area contributed by atoms with Gasteiger partial charge in [-0.15, -0.1) is 0 Å². The summed E-state index contributed by atoms with van der Waals surface area (Å²) >= 11 is 0. The van der Waals surface area contributed by atoms with Crippen molar-refractivity contribution in [1.82, 2.24) is 15.5 Å². The Bertz CT molecular complexity index is 1130. The minimum absolute atomic E-state index is 0.0440. The largest absolute Gasteiger partial charge is 0.445 e. The fourth-order valence-electron chi connectivity index (χ4n) is 4.32. The number of hydrogen-bond acceptors (Lipinski definition) is 6. The third-order valence-corrected chi connectivity index (χ3v) is 6.34. The summed E-state index contributed by atoms with van der Waals surface area (Å²) in [5.41, 5.74) is 0.358. The normalized spacial score (nSPS) is 14.0. The molecule has 0 heterocycles. The second-order valence-corrected chi connectivity index (χ2v) is 13.2. The SMILES string of the molecule is CC(C)CN(C[C@@H](O)C(Cc1ccccc1)NC(=O)[C@@H](NC(=O)OCc1ccccc1)C(C)(C)C)C(=O)OC(C)(C)C. The average molecular weight is 584 g/mol. The predicted molar refractivity (Wildman–Crippen MR) is 164 cm³/mol. The van der Waals surface area contributed by atoms with Gasteiger partial charge in [-0.05, 0) is 49.7 Å². The lowest BCUT2D eigenvalue weighted by Crippen LogP contribution is -2.59. The van der Waals surface area contributed by atoms with Crippen molar-refractivity contribution in [3.63, 3.8) is 0 Å². The van der Waals surface area contributed by atoms with Crippen LogP contribution in [-0.4, -0.2) is 65.0 Å². The van der Waals surface area contributed by atoms with Crippen molar-refractivity contribution in [2.45, 2.75) is 92.2 Å². The van der Waals surface area contributed by atoms with E-state index < -0.39 is 47.3 Å². The maximum atomic E-state index is 13.7. The standard InChI is InChI=1S/C33H49N3O6/c1-23(2)20-36(31(40)42-33(6,7)8)21-27(37)26(19-24-15-11-9-12-16-24)34-29(38)28(32(3,4)5)35-30(39)41-22-25-17-13-10-14-18-25/h9-18,23,26-28,37H,19-22H2,1-8H3,(H,34,38)(H,35,39)/t26?,27-,28-/m1/s1. The highest BCUT2D eigenvalue weighted by Gasteiger charge is 2.36. The van der Waals surface area contributed by atoms with E-state index in [1.807, 2.05) is 95.3 Å². The average Bonchev–Trinajstić information content (AvgIpc) is 2.89. The highest BCUT2D eigenvalue weighted by Crippen LogP contribution is 2.21. The van der Waals surface area contributed by atoms with Gasteiger partial charge >= 0.3 is 12.2 Å². The van der Waals surface area contributed by atoms with Gasteiger partial charge < -0.3 is 30.1 Å². The Kier molecular flexibility index (Phi) is 12.8. The smallest absolute Gasteiger partial charge is 0.410 e. The van der Waals surface area contributed by atoms with E-state index in [4.69, 9.17) is 9.47 Å². The number of aliphatic hydroxyl groups excluding tert-OH is 1. The molecule has 0 saturated heterocycles. The van der Waals surface area contributed by atoms with Gasteiger partial charge in [-0.25, -0.2) is 9.59 Å². The lowest BCUT2D eigenvalue weighted by molar-refractivity contribution is -0.127. The Hall–Kier alpha value is -3.59. The molecule has 2 rings (SSSR count). The van der Waals surface area contributed by atoms with E-state index in [9.17, 15) is 19.5 Å². The van der Waals surface area contributed by atoms with Crippen LogP contribution in [0, 0.1) is 11.3 Å². The number of benzene rings is 2. The van der Waals surface area contributed by atoms with Crippen LogP contribution in [0.3, 0.4) is 0 Å². The molecule has 3 atom stereocenters. The number of carbonyl (C=O) groups excluding carboxylic acids is 3. The van der Waals surface area contributed by atoms with Crippen molar-refractivity contribution in [1.29, 1.82) is 0 Å². The molecular formula is C33H49N3O6. The van der Waals surface area contributed by atoms with Gasteiger partial charge in [0.2, 0.25) is 5.91 Å². The van der Waals surface area contributed by atoms with Crippen molar-refractivity contribution in [3.05, 3.63) is 71.8 Å². The van der Waals surface area contributed by atoms with Gasteiger partial charge in [-0.3, -0.25) is 4.79 Å². The number of amides is 3. The van der Waals surface area contributed by atoms with Crippen molar-refractivity contribution in [3.8, 4) is 0 Å². The van der Waals surface area contributed by atoms with Crippen molar-refractivity contribution < 1.29 is 29.0 Å². The molecule has 9 heteroatoms. The molecular weight excluding hydrogens is 534 g/mol. The molecule has 0 spiro atoms. The molecule has 1 unspecified atom stereocenters. The Labute approximate surface area is 251 Å². The second-order valence-electron chi connectivity index (χ2n) is 13.2. The summed E-state index contributed by atoms with van der Waals surface area (Å²) in [6, 6.07) is 17.0. The van der Waals surface area contributed by atoms with Crippen LogP contribution in [0.5, 0.6) is 0 Å². The van der Waals surface area contributed by atoms with Crippen molar-refractivity contribution in [2.24, 2.45) is 11.3 Å². The topological polar surface area (TPSA) is 117 Å². The summed E-state index contributed by atoms with van der Waals surface area (Å²) in [4.78, 5) is 40.9. The van der Waals surface area contributed by atoms with E-state index >= 15 is 0 Å². The molecule has 42 heavy (non-hydrogen) atoms. The van der Waals surface area contributed by atoms with Crippen molar-refractivity contribution >= 4 is 18.1 Å². The first kappa shape index (κ1) is 34.6. The molecule has 3 N–H and O–H groups in total. The molecule has 0 aliphatic carbocycles. The van der Waals surface area contributed by atoms with E-state index in [1.54, 1.807) is 20.8 Å². The van der Waals surface area contributed by atoms with Crippen LogP contribution < -0.4 is 10.6 Å². The molecule has 0 saturated carbocycles. The van der Waals surface area contributed by atoms with E-state index in [1.165, 1.54) is 4.90 Å². The Morgan fingerprint density at radius 3 is 1.88 bits per heavy atom. The maximum Gasteiger partial charge on any atom is 0.410 e. The summed E-state index contributed by atoms with van der Waals surface area (Å²) in [5, 5.41) is 17.1. The lowest BCUT2D eigenvalue weighted by atomic mass is 9.85. The van der Waals surface area contributed by atoms with E-state index in [-0.39, 0.29) is 19.1 Å². The van der Waals surface area contributed by atoms with Crippen LogP contribution in [0.4, 0.5) is 9.59 Å². The van der Waals surface area contributed by atoms with Crippen LogP contribution in [-0.2, 0) is 27.3 Å². The number of carbonyl (C=O) groups is 3. The summed E-state index contributed by atoms with van der Waals surface area (Å²) in [7, 11) is 0. The van der Waals surface area contributed by atoms with Gasteiger partial charge in [0.1, 0.15) is 18.2 Å². The van der Waals surface area contributed by atoms with Gasteiger partial charge in [-0.1, -0.05) is 95.3 Å². The van der Waals surface area contributed by atoms with Crippen LogP contribution in [0.15, 0.2) is 60.7 Å². The molecule has 0 aliphatic rings. The van der Waals surface area contributed by atoms with Gasteiger partial charge in [0.15, 0.2) is 0 Å². The first-order valence-corrected chi connectivity index (χ1v) is 14.5. The van der Waals surface area contributed by atoms with Crippen LogP contribution >= 0.6 is 0 Å². The quantitative estimate of drug-likeness (QED) is 0.312. The molecule has 2 aromatic rings. The number of ether oxygens (including phenoxy) is 2. The fourth-order valence-corrected chi connectivity index (χ4v) is 4.32. The number of alkyl carbamates (subject to hydrolysis) is 1. The number of nitrogens with zero attached hydrogens (tertiary/aromatic N) is 1. The Morgan fingerprint density at radius 2 is 1.38 bits per heavy atom. The monoisotopic (exact) mass is 583 g/mol. The maximum absolute atomic E-state index is 13.7. The molecule has 0 bridgehead atoms. The highest BCUT2D eigenvalue weighted by atomic mass is 16.6. The first-order chi connectivity index (χ1) is 19.5. The van der Waals surface area contributed by atoms with E-state index in [2.05, 4.69) is 10.6 Å². The lowest BCUT2D eigenvalue weighted by Gasteiger charge is -2.35. The molecule has 2 aromatic carbocycles. The van der Waals surface area contributed by atoms with Crippen molar-refractivity contribution in [2.75, 3.05) is 13.1 Å². The van der Waals surface area contributed by atoms with Crippen LogP contribution in [0.2, 0.25) is 0 Å². The Balaban J connectivity index is 2.24. The third kappa shape index (κ3) is 12.5. The molecule has 0 radical (unpaired) electrons. The second kappa shape index (κ2) is 15.6. The number of rotatable bonds is 12. The minimum Gasteiger partial charge on any atom is -0.445 e.